The third kappa shape index (κ3) is 0.694. The molecule has 0 nitrogen and oxygen atoms in total. The summed E-state index contributed by atoms with van der Waals surface area (Å²) in [5, 5.41) is 0. The van der Waals surface area contributed by atoms with Gasteiger partial charge >= 0.3 is 0 Å². The van der Waals surface area contributed by atoms with Crippen molar-refractivity contribution in [3.05, 3.63) is 11.6 Å². The first-order valence-electron chi connectivity index (χ1n) is 5.52. The van der Waals surface area contributed by atoms with Gasteiger partial charge in [-0.3, -0.25) is 0 Å². The summed E-state index contributed by atoms with van der Waals surface area (Å²) in [5.74, 6) is 1.98. The fourth-order valence-corrected chi connectivity index (χ4v) is 3.97. The molecule has 3 rings (SSSR count). The van der Waals surface area contributed by atoms with Crippen LogP contribution in [-0.4, -0.2) is 0 Å². The molecule has 3 atom stereocenters. The average molecular weight is 162 g/mol. The quantitative estimate of drug-likeness (QED) is 0.478. The molecule has 3 aliphatic rings. The molecular weight excluding hydrogens is 144 g/mol. The number of hydrogen-bond donors (Lipinski definition) is 0. The topological polar surface area (TPSA) is 0 Å². The fourth-order valence-electron chi connectivity index (χ4n) is 3.97. The van der Waals surface area contributed by atoms with Gasteiger partial charge in [0.15, 0.2) is 0 Å². The Morgan fingerprint density at radius 2 is 2.33 bits per heavy atom. The molecule has 2 bridgehead atoms. The Morgan fingerprint density at radius 3 is 3.08 bits per heavy atom. The van der Waals surface area contributed by atoms with Gasteiger partial charge in [-0.1, -0.05) is 18.6 Å². The van der Waals surface area contributed by atoms with E-state index >= 15 is 0 Å². The molecule has 0 N–H and O–H groups in total. The van der Waals surface area contributed by atoms with Crippen molar-refractivity contribution < 1.29 is 0 Å². The van der Waals surface area contributed by atoms with E-state index in [9.17, 15) is 0 Å². The maximum atomic E-state index is 2.62. The molecule has 0 saturated heterocycles. The maximum Gasteiger partial charge on any atom is -0.00566 e. The molecular formula is C12H18. The first kappa shape index (κ1) is 7.17. The highest BCUT2D eigenvalue weighted by molar-refractivity contribution is 5.29. The van der Waals surface area contributed by atoms with E-state index in [0.29, 0.717) is 0 Å². The molecule has 0 heteroatoms. The van der Waals surface area contributed by atoms with Crippen molar-refractivity contribution in [1.82, 2.24) is 0 Å². The molecule has 0 aliphatic heterocycles. The predicted octanol–water partition coefficient (Wildman–Crippen LogP) is 3.53. The van der Waals surface area contributed by atoms with Gasteiger partial charge in [0.1, 0.15) is 0 Å². The average Bonchev–Trinajstić information content (AvgIpc) is 2.61. The van der Waals surface area contributed by atoms with Crippen LogP contribution in [0.1, 0.15) is 45.4 Å². The van der Waals surface area contributed by atoms with Crippen LogP contribution in [-0.2, 0) is 0 Å². The summed E-state index contributed by atoms with van der Waals surface area (Å²) in [4.78, 5) is 0. The van der Waals surface area contributed by atoms with Crippen LogP contribution in [0.4, 0.5) is 0 Å². The molecule has 1 spiro atoms. The monoisotopic (exact) mass is 162 g/mol. The van der Waals surface area contributed by atoms with Gasteiger partial charge in [0.2, 0.25) is 0 Å². The minimum absolute atomic E-state index is 0.725. The lowest BCUT2D eigenvalue weighted by Crippen LogP contribution is -2.30. The molecule has 12 heavy (non-hydrogen) atoms. The van der Waals surface area contributed by atoms with Crippen LogP contribution in [0.2, 0.25) is 0 Å². The molecule has 0 radical (unpaired) electrons. The Bertz CT molecular complexity index is 238. The Hall–Kier alpha value is -0.260. The van der Waals surface area contributed by atoms with Gasteiger partial charge in [-0.2, -0.15) is 0 Å². The van der Waals surface area contributed by atoms with Gasteiger partial charge in [-0.25, -0.2) is 0 Å². The lowest BCUT2D eigenvalue weighted by Gasteiger charge is -2.40. The van der Waals surface area contributed by atoms with Crippen molar-refractivity contribution in [2.45, 2.75) is 45.4 Å². The van der Waals surface area contributed by atoms with Crippen molar-refractivity contribution in [2.75, 3.05) is 0 Å². The first-order valence-corrected chi connectivity index (χ1v) is 5.52. The van der Waals surface area contributed by atoms with Crippen LogP contribution in [0.15, 0.2) is 11.6 Å². The zero-order chi connectivity index (χ0) is 8.18. The van der Waals surface area contributed by atoms with Gasteiger partial charge in [0.05, 0.1) is 0 Å². The van der Waals surface area contributed by atoms with E-state index < -0.39 is 0 Å². The summed E-state index contributed by atoms with van der Waals surface area (Å²) in [6.45, 7) is 2.49. The zero-order valence-electron chi connectivity index (χ0n) is 7.97. The van der Waals surface area contributed by atoms with Crippen molar-refractivity contribution in [2.24, 2.45) is 17.3 Å². The van der Waals surface area contributed by atoms with Gasteiger partial charge in [-0.05, 0) is 55.8 Å². The smallest absolute Gasteiger partial charge is 0.00566 e. The molecule has 66 valence electrons. The molecule has 0 aromatic rings. The SMILES string of the molecule is C[C@H]1CCCC2=C[C@@H]3CC[C@@]21C3. The third-order valence-electron chi connectivity index (χ3n) is 4.69. The second-order valence-corrected chi connectivity index (χ2v) is 5.14. The molecule has 0 heterocycles. The maximum absolute atomic E-state index is 2.62. The van der Waals surface area contributed by atoms with Crippen LogP contribution in [0.5, 0.6) is 0 Å². The van der Waals surface area contributed by atoms with E-state index in [0.717, 1.165) is 17.3 Å². The van der Waals surface area contributed by atoms with Gasteiger partial charge in [0, 0.05) is 0 Å². The second kappa shape index (κ2) is 2.16. The molecule has 2 saturated carbocycles. The largest absolute Gasteiger partial charge is 0.0816 e. The van der Waals surface area contributed by atoms with E-state index in [-0.39, 0.29) is 0 Å². The van der Waals surface area contributed by atoms with Crippen molar-refractivity contribution in [3.8, 4) is 0 Å². The Balaban J connectivity index is 2.03. The van der Waals surface area contributed by atoms with Crippen molar-refractivity contribution in [1.29, 1.82) is 0 Å². The molecule has 0 amide bonds. The Labute approximate surface area is 75.0 Å². The van der Waals surface area contributed by atoms with Crippen LogP contribution >= 0.6 is 0 Å². The summed E-state index contributed by atoms with van der Waals surface area (Å²) < 4.78 is 0. The highest BCUT2D eigenvalue weighted by Gasteiger charge is 2.50. The van der Waals surface area contributed by atoms with E-state index in [4.69, 9.17) is 0 Å². The highest BCUT2D eigenvalue weighted by atomic mass is 14.5. The van der Waals surface area contributed by atoms with Gasteiger partial charge < -0.3 is 0 Å². The van der Waals surface area contributed by atoms with E-state index in [1.165, 1.54) is 38.5 Å². The molecule has 0 aromatic carbocycles. The lowest BCUT2D eigenvalue weighted by molar-refractivity contribution is 0.190. The standard InChI is InChI=1S/C12H18/c1-9-3-2-4-11-7-10-5-6-12(9,11)8-10/h7,9-10H,2-6,8H2,1H3/t9-,10-,12-/m0/s1. The molecule has 2 fully saturated rings. The number of fused-ring (bicyclic) bond motifs is 1. The zero-order valence-corrected chi connectivity index (χ0v) is 7.97. The van der Waals surface area contributed by atoms with Gasteiger partial charge in [0.25, 0.3) is 0 Å². The lowest BCUT2D eigenvalue weighted by atomic mass is 9.64. The normalized spacial score (nSPS) is 50.6. The second-order valence-electron chi connectivity index (χ2n) is 5.14. The molecule has 3 aliphatic carbocycles. The minimum atomic E-state index is 0.725. The van der Waals surface area contributed by atoms with E-state index in [1.807, 2.05) is 5.57 Å². The summed E-state index contributed by atoms with van der Waals surface area (Å²) in [6.07, 6.45) is 11.5. The highest BCUT2D eigenvalue weighted by Crippen LogP contribution is 2.61. The summed E-state index contributed by atoms with van der Waals surface area (Å²) in [6, 6.07) is 0. The van der Waals surface area contributed by atoms with Crippen LogP contribution in [0.25, 0.3) is 0 Å². The van der Waals surface area contributed by atoms with E-state index in [2.05, 4.69) is 13.0 Å². The number of rotatable bonds is 0. The third-order valence-corrected chi connectivity index (χ3v) is 4.69. The van der Waals surface area contributed by atoms with Crippen LogP contribution in [0, 0.1) is 17.3 Å². The van der Waals surface area contributed by atoms with Gasteiger partial charge in [-0.15, -0.1) is 0 Å². The van der Waals surface area contributed by atoms with E-state index in [1.54, 1.807) is 0 Å². The first-order chi connectivity index (χ1) is 5.81. The Morgan fingerprint density at radius 1 is 1.42 bits per heavy atom. The summed E-state index contributed by atoms with van der Waals surface area (Å²) in [7, 11) is 0. The fraction of sp³-hybridized carbons (Fsp3) is 0.833. The van der Waals surface area contributed by atoms with Crippen molar-refractivity contribution >= 4 is 0 Å². The molecule has 0 unspecified atom stereocenters. The summed E-state index contributed by atoms with van der Waals surface area (Å²) in [5.41, 5.74) is 2.58. The minimum Gasteiger partial charge on any atom is -0.0816 e. The predicted molar refractivity (Wildman–Crippen MR) is 50.9 cm³/mol. The number of hydrogen-bond acceptors (Lipinski definition) is 0. The van der Waals surface area contributed by atoms with Crippen LogP contribution < -0.4 is 0 Å². The van der Waals surface area contributed by atoms with Crippen molar-refractivity contribution in [3.63, 3.8) is 0 Å². The Kier molecular flexibility index (Phi) is 1.29. The van der Waals surface area contributed by atoms with Crippen LogP contribution in [0.3, 0.4) is 0 Å². The summed E-state index contributed by atoms with van der Waals surface area (Å²) >= 11 is 0. The molecule has 0 aromatic heterocycles. The number of allylic oxidation sites excluding steroid dienone is 2.